The van der Waals surface area contributed by atoms with Gasteiger partial charge in [-0.3, -0.25) is 9.10 Å². The summed E-state index contributed by atoms with van der Waals surface area (Å²) in [5.74, 6) is -0.391. The lowest BCUT2D eigenvalue weighted by molar-refractivity contribution is -0.120. The minimum atomic E-state index is -3.89. The van der Waals surface area contributed by atoms with Gasteiger partial charge in [0.25, 0.3) is 10.0 Å². The Morgan fingerprint density at radius 3 is 2.26 bits per heavy atom. The molecule has 2 rings (SSSR count). The normalized spacial score (nSPS) is 12.4. The lowest BCUT2D eigenvalue weighted by Crippen LogP contribution is -2.44. The Bertz CT molecular complexity index is 862. The molecule has 0 radical (unpaired) electrons. The van der Waals surface area contributed by atoms with Crippen molar-refractivity contribution in [2.24, 2.45) is 0 Å². The zero-order valence-corrected chi connectivity index (χ0v) is 16.9. The van der Waals surface area contributed by atoms with Crippen LogP contribution in [0.15, 0.2) is 53.4 Å². The maximum absolute atomic E-state index is 13.2. The molecule has 1 atom stereocenters. The van der Waals surface area contributed by atoms with Gasteiger partial charge in [0, 0.05) is 13.2 Å². The molecule has 2 aromatic carbocycles. The quantitative estimate of drug-likeness (QED) is 0.752. The molecule has 0 bridgehead atoms. The first-order valence-corrected chi connectivity index (χ1v) is 10.1. The number of rotatable bonds is 8. The Kier molecular flexibility index (Phi) is 6.98. The van der Waals surface area contributed by atoms with E-state index in [0.717, 1.165) is 15.4 Å². The molecule has 27 heavy (non-hydrogen) atoms. The third kappa shape index (κ3) is 5.55. The summed E-state index contributed by atoms with van der Waals surface area (Å²) in [5.41, 5.74) is 2.31. The number of carbonyl (C=O) groups excluding carboxylic acids is 1. The second kappa shape index (κ2) is 9.01. The Labute approximate surface area is 161 Å². The van der Waals surface area contributed by atoms with Crippen molar-refractivity contribution in [3.63, 3.8) is 0 Å². The standard InChI is InChI=1S/C20H26N2O4S/c1-15-10-16(2)12-18(11-15)22(13-20(23)21-17(3)14-26-4)27(24,25)19-8-6-5-7-9-19/h5-12,17H,13-14H2,1-4H3,(H,21,23)/t17-/m0/s1. The number of anilines is 1. The average molecular weight is 391 g/mol. The van der Waals surface area contributed by atoms with Crippen LogP contribution in [0.4, 0.5) is 5.69 Å². The van der Waals surface area contributed by atoms with Gasteiger partial charge < -0.3 is 10.1 Å². The first-order chi connectivity index (χ1) is 12.7. The van der Waals surface area contributed by atoms with Crippen molar-refractivity contribution in [1.82, 2.24) is 5.32 Å². The molecule has 0 aromatic heterocycles. The van der Waals surface area contributed by atoms with E-state index in [9.17, 15) is 13.2 Å². The van der Waals surface area contributed by atoms with Gasteiger partial charge in [0.15, 0.2) is 0 Å². The number of benzene rings is 2. The summed E-state index contributed by atoms with van der Waals surface area (Å²) in [5, 5.41) is 2.76. The van der Waals surface area contributed by atoms with Crippen molar-refractivity contribution in [2.75, 3.05) is 24.6 Å². The third-order valence-electron chi connectivity index (χ3n) is 3.94. The molecule has 0 spiro atoms. The monoisotopic (exact) mass is 390 g/mol. The molecule has 2 aromatic rings. The number of nitrogens with one attached hydrogen (secondary N) is 1. The molecule has 7 heteroatoms. The number of hydrogen-bond acceptors (Lipinski definition) is 4. The molecule has 1 N–H and O–H groups in total. The summed E-state index contributed by atoms with van der Waals surface area (Å²) < 4.78 is 32.6. The van der Waals surface area contributed by atoms with E-state index in [0.29, 0.717) is 12.3 Å². The number of hydrogen-bond donors (Lipinski definition) is 1. The van der Waals surface area contributed by atoms with Crippen molar-refractivity contribution in [1.29, 1.82) is 0 Å². The van der Waals surface area contributed by atoms with Gasteiger partial charge >= 0.3 is 0 Å². The summed E-state index contributed by atoms with van der Waals surface area (Å²) in [4.78, 5) is 12.6. The molecule has 0 aliphatic carbocycles. The Morgan fingerprint density at radius 2 is 1.70 bits per heavy atom. The minimum Gasteiger partial charge on any atom is -0.383 e. The maximum Gasteiger partial charge on any atom is 0.264 e. The van der Waals surface area contributed by atoms with E-state index in [1.165, 1.54) is 12.1 Å². The summed E-state index contributed by atoms with van der Waals surface area (Å²) in [6.07, 6.45) is 0. The van der Waals surface area contributed by atoms with Crippen molar-refractivity contribution in [2.45, 2.75) is 31.7 Å². The maximum atomic E-state index is 13.2. The third-order valence-corrected chi connectivity index (χ3v) is 5.72. The molecule has 0 fully saturated rings. The fourth-order valence-electron chi connectivity index (χ4n) is 2.87. The first-order valence-electron chi connectivity index (χ1n) is 8.68. The van der Waals surface area contributed by atoms with Gasteiger partial charge in [0.05, 0.1) is 17.2 Å². The van der Waals surface area contributed by atoms with Gasteiger partial charge in [-0.1, -0.05) is 24.3 Å². The van der Waals surface area contributed by atoms with Crippen molar-refractivity contribution < 1.29 is 17.9 Å². The Balaban J connectivity index is 2.41. The van der Waals surface area contributed by atoms with Crippen LogP contribution in [0.3, 0.4) is 0 Å². The Hall–Kier alpha value is -2.38. The fraction of sp³-hybridized carbons (Fsp3) is 0.350. The summed E-state index contributed by atoms with van der Waals surface area (Å²) >= 11 is 0. The SMILES string of the molecule is COC[C@H](C)NC(=O)CN(c1cc(C)cc(C)c1)S(=O)(=O)c1ccccc1. The predicted octanol–water partition coefficient (Wildman–Crippen LogP) is 2.65. The van der Waals surface area contributed by atoms with E-state index in [-0.39, 0.29) is 17.5 Å². The Morgan fingerprint density at radius 1 is 1.11 bits per heavy atom. The van der Waals surface area contributed by atoms with Crippen LogP contribution >= 0.6 is 0 Å². The molecule has 0 aliphatic rings. The number of ether oxygens (including phenoxy) is 1. The van der Waals surface area contributed by atoms with Crippen LogP contribution in [-0.4, -0.2) is 40.6 Å². The van der Waals surface area contributed by atoms with E-state index >= 15 is 0 Å². The van der Waals surface area contributed by atoms with Crippen LogP contribution in [0.25, 0.3) is 0 Å². The number of aryl methyl sites for hydroxylation is 2. The molecule has 1 amide bonds. The lowest BCUT2D eigenvalue weighted by atomic mass is 10.1. The van der Waals surface area contributed by atoms with Gasteiger partial charge in [-0.15, -0.1) is 0 Å². The zero-order chi connectivity index (χ0) is 20.0. The second-order valence-electron chi connectivity index (χ2n) is 6.59. The van der Waals surface area contributed by atoms with Gasteiger partial charge in [-0.05, 0) is 56.2 Å². The van der Waals surface area contributed by atoms with Crippen molar-refractivity contribution in [3.8, 4) is 0 Å². The van der Waals surface area contributed by atoms with Gasteiger partial charge in [-0.25, -0.2) is 8.42 Å². The van der Waals surface area contributed by atoms with E-state index in [4.69, 9.17) is 4.74 Å². The predicted molar refractivity (Wildman–Crippen MR) is 106 cm³/mol. The highest BCUT2D eigenvalue weighted by molar-refractivity contribution is 7.92. The van der Waals surface area contributed by atoms with E-state index in [1.54, 1.807) is 44.4 Å². The number of carbonyl (C=O) groups is 1. The number of nitrogens with zero attached hydrogens (tertiary/aromatic N) is 1. The molecule has 146 valence electrons. The molecule has 0 aliphatic heterocycles. The molecule has 0 heterocycles. The number of amides is 1. The first kappa shape index (κ1) is 20.9. The highest BCUT2D eigenvalue weighted by Crippen LogP contribution is 2.25. The van der Waals surface area contributed by atoms with Crippen LogP contribution in [0, 0.1) is 13.8 Å². The van der Waals surface area contributed by atoms with Crippen LogP contribution < -0.4 is 9.62 Å². The largest absolute Gasteiger partial charge is 0.383 e. The second-order valence-corrected chi connectivity index (χ2v) is 8.46. The smallest absolute Gasteiger partial charge is 0.264 e. The number of methoxy groups -OCH3 is 1. The van der Waals surface area contributed by atoms with Crippen LogP contribution in [0.2, 0.25) is 0 Å². The summed E-state index contributed by atoms with van der Waals surface area (Å²) in [6, 6.07) is 13.4. The van der Waals surface area contributed by atoms with E-state index < -0.39 is 15.9 Å². The highest BCUT2D eigenvalue weighted by Gasteiger charge is 2.27. The van der Waals surface area contributed by atoms with Gasteiger partial charge in [0.1, 0.15) is 6.54 Å². The molecule has 6 nitrogen and oxygen atoms in total. The van der Waals surface area contributed by atoms with Gasteiger partial charge in [-0.2, -0.15) is 0 Å². The van der Waals surface area contributed by atoms with Gasteiger partial charge in [0.2, 0.25) is 5.91 Å². The van der Waals surface area contributed by atoms with Crippen LogP contribution in [0.5, 0.6) is 0 Å². The molecule has 0 saturated heterocycles. The lowest BCUT2D eigenvalue weighted by Gasteiger charge is -2.25. The molecular weight excluding hydrogens is 364 g/mol. The highest BCUT2D eigenvalue weighted by atomic mass is 32.2. The van der Waals surface area contributed by atoms with Crippen molar-refractivity contribution in [3.05, 3.63) is 59.7 Å². The van der Waals surface area contributed by atoms with Crippen LogP contribution in [-0.2, 0) is 19.6 Å². The van der Waals surface area contributed by atoms with E-state index in [1.807, 2.05) is 19.9 Å². The topological polar surface area (TPSA) is 75.7 Å². The molecule has 0 unspecified atom stereocenters. The van der Waals surface area contributed by atoms with Crippen molar-refractivity contribution >= 4 is 21.6 Å². The minimum absolute atomic E-state index is 0.141. The number of sulfonamides is 1. The average Bonchev–Trinajstić information content (AvgIpc) is 2.59. The molecular formula is C20H26N2O4S. The molecule has 0 saturated carbocycles. The summed E-state index contributed by atoms with van der Waals surface area (Å²) in [6.45, 7) is 5.62. The zero-order valence-electron chi connectivity index (χ0n) is 16.1. The van der Waals surface area contributed by atoms with Crippen LogP contribution in [0.1, 0.15) is 18.1 Å². The van der Waals surface area contributed by atoms with E-state index in [2.05, 4.69) is 5.32 Å². The summed E-state index contributed by atoms with van der Waals surface area (Å²) in [7, 11) is -2.34. The fourth-order valence-corrected chi connectivity index (χ4v) is 4.30.